The molecule has 4 N–H and O–H groups in total. The van der Waals surface area contributed by atoms with Crippen LogP contribution in [0.25, 0.3) is 33.1 Å². The largest absolute Gasteiger partial charge is 0.437 e. The molecule has 7 heteroatoms. The molecule has 0 fully saturated rings. The Hall–Kier alpha value is -3.66. The van der Waals surface area contributed by atoms with Crippen LogP contribution in [0.1, 0.15) is 11.1 Å². The van der Waals surface area contributed by atoms with Crippen molar-refractivity contribution >= 4 is 44.6 Å². The maximum absolute atomic E-state index is 12.8. The first-order valence-corrected chi connectivity index (χ1v) is 7.12. The van der Waals surface area contributed by atoms with Gasteiger partial charge in [0, 0.05) is 5.39 Å². The van der Waals surface area contributed by atoms with Gasteiger partial charge in [-0.2, -0.15) is 10.2 Å². The van der Waals surface area contributed by atoms with E-state index >= 15 is 0 Å². The van der Waals surface area contributed by atoms with E-state index in [2.05, 4.69) is 9.97 Å². The molecule has 0 radical (unpaired) electrons. The summed E-state index contributed by atoms with van der Waals surface area (Å²) in [5, 5.41) is 10.3. The highest BCUT2D eigenvalue weighted by Gasteiger charge is 2.16. The molecule has 4 rings (SSSR count). The van der Waals surface area contributed by atoms with Crippen molar-refractivity contribution in [2.24, 2.45) is 0 Å². The SMILES string of the molecule is Cc1ccc2oc3nc4nc(N)c(C#N)c(N)c4cc3c(=O)c2c1. The van der Waals surface area contributed by atoms with Crippen LogP contribution in [0.3, 0.4) is 0 Å². The lowest BCUT2D eigenvalue weighted by molar-refractivity contribution is 0.646. The van der Waals surface area contributed by atoms with Gasteiger partial charge in [0.15, 0.2) is 5.65 Å². The van der Waals surface area contributed by atoms with Crippen LogP contribution in [0.4, 0.5) is 11.5 Å². The number of benzene rings is 1. The van der Waals surface area contributed by atoms with E-state index in [1.54, 1.807) is 18.2 Å². The van der Waals surface area contributed by atoms with Crippen LogP contribution in [-0.2, 0) is 0 Å². The van der Waals surface area contributed by atoms with Gasteiger partial charge in [-0.25, -0.2) is 4.98 Å². The standard InChI is InChI=1S/C17H11N5O2/c1-7-2-3-12-8(4-7)14(23)10-5-9-13(19)11(6-18)15(20)21-16(9)22-17(10)24-12/h2-5H,1H3,(H4,19,20,21,22). The molecular weight excluding hydrogens is 306 g/mol. The van der Waals surface area contributed by atoms with Gasteiger partial charge in [-0.05, 0) is 25.1 Å². The predicted molar refractivity (Wildman–Crippen MR) is 91.4 cm³/mol. The smallest absolute Gasteiger partial charge is 0.232 e. The van der Waals surface area contributed by atoms with Crippen LogP contribution in [0.2, 0.25) is 0 Å². The van der Waals surface area contributed by atoms with Gasteiger partial charge in [-0.1, -0.05) is 11.6 Å². The van der Waals surface area contributed by atoms with Crippen LogP contribution < -0.4 is 16.9 Å². The molecule has 0 aliphatic rings. The lowest BCUT2D eigenvalue weighted by Crippen LogP contribution is -2.06. The molecule has 1 aromatic carbocycles. The average molecular weight is 317 g/mol. The lowest BCUT2D eigenvalue weighted by Gasteiger charge is -2.07. The van der Waals surface area contributed by atoms with Crippen LogP contribution in [0.5, 0.6) is 0 Å². The monoisotopic (exact) mass is 317 g/mol. The fourth-order valence-corrected chi connectivity index (χ4v) is 2.73. The number of anilines is 2. The third-order valence-corrected chi connectivity index (χ3v) is 3.95. The van der Waals surface area contributed by atoms with Gasteiger partial charge in [0.05, 0.1) is 16.5 Å². The Labute approximate surface area is 135 Å². The zero-order valence-electron chi connectivity index (χ0n) is 12.6. The third kappa shape index (κ3) is 1.80. The van der Waals surface area contributed by atoms with Crippen molar-refractivity contribution in [1.82, 2.24) is 9.97 Å². The Morgan fingerprint density at radius 3 is 2.67 bits per heavy atom. The number of aromatic nitrogens is 2. The lowest BCUT2D eigenvalue weighted by atomic mass is 10.1. The number of nitrogen functional groups attached to an aromatic ring is 2. The van der Waals surface area contributed by atoms with Gasteiger partial charge in [0.1, 0.15) is 23.0 Å². The molecule has 0 saturated heterocycles. The van der Waals surface area contributed by atoms with Gasteiger partial charge in [0.25, 0.3) is 0 Å². The Bertz CT molecular complexity index is 1270. The Kier molecular flexibility index (Phi) is 2.71. The summed E-state index contributed by atoms with van der Waals surface area (Å²) < 4.78 is 5.73. The predicted octanol–water partition coefficient (Wildman–Crippen LogP) is 2.23. The van der Waals surface area contributed by atoms with Crippen LogP contribution in [0, 0.1) is 18.3 Å². The van der Waals surface area contributed by atoms with Crippen LogP contribution in [-0.4, -0.2) is 9.97 Å². The highest BCUT2D eigenvalue weighted by molar-refractivity contribution is 6.00. The van der Waals surface area contributed by atoms with Crippen molar-refractivity contribution in [2.75, 3.05) is 11.5 Å². The first kappa shape index (κ1) is 14.0. The van der Waals surface area contributed by atoms with E-state index in [0.717, 1.165) is 5.56 Å². The van der Waals surface area contributed by atoms with Gasteiger partial charge in [0.2, 0.25) is 11.1 Å². The number of pyridine rings is 2. The molecule has 0 bridgehead atoms. The number of nitriles is 1. The highest BCUT2D eigenvalue weighted by atomic mass is 16.3. The highest BCUT2D eigenvalue weighted by Crippen LogP contribution is 2.28. The first-order chi connectivity index (χ1) is 11.5. The number of nitrogens with zero attached hydrogens (tertiary/aromatic N) is 3. The van der Waals surface area contributed by atoms with Crippen molar-refractivity contribution in [3.8, 4) is 6.07 Å². The molecule has 0 spiro atoms. The number of hydrogen-bond donors (Lipinski definition) is 2. The van der Waals surface area contributed by atoms with Crippen LogP contribution >= 0.6 is 0 Å². The van der Waals surface area contributed by atoms with E-state index in [0.29, 0.717) is 16.4 Å². The summed E-state index contributed by atoms with van der Waals surface area (Å²) in [5.41, 5.74) is 13.5. The molecule has 0 atom stereocenters. The van der Waals surface area contributed by atoms with E-state index < -0.39 is 0 Å². The van der Waals surface area contributed by atoms with Gasteiger partial charge >= 0.3 is 0 Å². The molecule has 0 saturated carbocycles. The minimum atomic E-state index is -0.209. The first-order valence-electron chi connectivity index (χ1n) is 7.12. The Morgan fingerprint density at radius 1 is 1.12 bits per heavy atom. The van der Waals surface area contributed by atoms with Crippen molar-refractivity contribution < 1.29 is 4.42 Å². The second kappa shape index (κ2) is 4.67. The summed E-state index contributed by atoms with van der Waals surface area (Å²) in [4.78, 5) is 21.1. The molecular formula is C17H11N5O2. The minimum absolute atomic E-state index is 0.00638. The van der Waals surface area contributed by atoms with E-state index in [9.17, 15) is 4.79 Å². The van der Waals surface area contributed by atoms with Crippen molar-refractivity contribution in [3.63, 3.8) is 0 Å². The molecule has 0 unspecified atom stereocenters. The van der Waals surface area contributed by atoms with Gasteiger partial charge in [-0.3, -0.25) is 4.79 Å². The molecule has 0 aliphatic heterocycles. The average Bonchev–Trinajstić information content (AvgIpc) is 2.55. The minimum Gasteiger partial charge on any atom is -0.437 e. The summed E-state index contributed by atoms with van der Waals surface area (Å²) in [5.74, 6) is -0.00638. The summed E-state index contributed by atoms with van der Waals surface area (Å²) in [7, 11) is 0. The van der Waals surface area contributed by atoms with Crippen LogP contribution in [0.15, 0.2) is 33.5 Å². The molecule has 4 aromatic rings. The number of hydrogen-bond acceptors (Lipinski definition) is 7. The number of fused-ring (bicyclic) bond motifs is 3. The maximum Gasteiger partial charge on any atom is 0.232 e. The fourth-order valence-electron chi connectivity index (χ4n) is 2.73. The number of aryl methyl sites for hydroxylation is 1. The third-order valence-electron chi connectivity index (χ3n) is 3.95. The van der Waals surface area contributed by atoms with Crippen molar-refractivity contribution in [1.29, 1.82) is 5.26 Å². The quantitative estimate of drug-likeness (QED) is 0.475. The van der Waals surface area contributed by atoms with E-state index in [-0.39, 0.29) is 39.2 Å². The molecule has 24 heavy (non-hydrogen) atoms. The van der Waals surface area contributed by atoms with Crippen molar-refractivity contribution in [2.45, 2.75) is 6.92 Å². The summed E-state index contributed by atoms with van der Waals surface area (Å²) >= 11 is 0. The maximum atomic E-state index is 12.8. The van der Waals surface area contributed by atoms with E-state index in [4.69, 9.17) is 21.1 Å². The normalized spacial score (nSPS) is 11.2. The number of rotatable bonds is 0. The zero-order valence-corrected chi connectivity index (χ0v) is 12.6. The van der Waals surface area contributed by atoms with Gasteiger partial charge < -0.3 is 15.9 Å². The topological polar surface area (TPSA) is 132 Å². The summed E-state index contributed by atoms with van der Waals surface area (Å²) in [6.07, 6.45) is 0. The molecule has 3 aromatic heterocycles. The Morgan fingerprint density at radius 2 is 1.92 bits per heavy atom. The fraction of sp³-hybridized carbons (Fsp3) is 0.0588. The van der Waals surface area contributed by atoms with E-state index in [1.165, 1.54) is 0 Å². The van der Waals surface area contributed by atoms with Gasteiger partial charge in [-0.15, -0.1) is 0 Å². The molecule has 116 valence electrons. The molecule has 3 heterocycles. The van der Waals surface area contributed by atoms with Crippen molar-refractivity contribution in [3.05, 3.63) is 45.6 Å². The molecule has 0 aliphatic carbocycles. The molecule has 0 amide bonds. The summed E-state index contributed by atoms with van der Waals surface area (Å²) in [6, 6.07) is 8.80. The summed E-state index contributed by atoms with van der Waals surface area (Å²) in [6.45, 7) is 1.89. The Balaban J connectivity index is 2.23. The molecule has 7 nitrogen and oxygen atoms in total. The second-order valence-corrected chi connectivity index (χ2v) is 5.54. The number of nitrogens with two attached hydrogens (primary N) is 2. The zero-order chi connectivity index (χ0) is 17.0. The van der Waals surface area contributed by atoms with E-state index in [1.807, 2.05) is 19.1 Å². The second-order valence-electron chi connectivity index (χ2n) is 5.54.